The predicted molar refractivity (Wildman–Crippen MR) is 74.1 cm³/mol. The van der Waals surface area contributed by atoms with Crippen LogP contribution in [0.3, 0.4) is 0 Å². The van der Waals surface area contributed by atoms with Gasteiger partial charge in [-0.1, -0.05) is 18.2 Å². The molecule has 1 aromatic carbocycles. The maximum absolute atomic E-state index is 11.5. The second kappa shape index (κ2) is 5.14. The second-order valence-electron chi connectivity index (χ2n) is 3.96. The van der Waals surface area contributed by atoms with E-state index in [0.29, 0.717) is 10.4 Å². The normalized spacial score (nSPS) is 10.1. The van der Waals surface area contributed by atoms with E-state index in [1.54, 1.807) is 6.07 Å². The van der Waals surface area contributed by atoms with Crippen molar-refractivity contribution in [1.29, 1.82) is 0 Å². The van der Waals surface area contributed by atoms with E-state index >= 15 is 0 Å². The number of nitrogens with one attached hydrogen (secondary N) is 1. The number of hydrogen-bond acceptors (Lipinski definition) is 4. The minimum atomic E-state index is -0.0443. The number of hydrogen-bond donors (Lipinski definition) is 1. The minimum absolute atomic E-state index is 0.0244. The van der Waals surface area contributed by atoms with E-state index in [4.69, 9.17) is 0 Å². The molecule has 0 radical (unpaired) electrons. The summed E-state index contributed by atoms with van der Waals surface area (Å²) in [7, 11) is 0. The third kappa shape index (κ3) is 2.65. The van der Waals surface area contributed by atoms with Crippen molar-refractivity contribution in [3.05, 3.63) is 46.8 Å². The Morgan fingerprint density at radius 3 is 2.28 bits per heavy atom. The summed E-state index contributed by atoms with van der Waals surface area (Å²) in [4.78, 5) is 23.5. The van der Waals surface area contributed by atoms with Crippen LogP contribution in [-0.4, -0.2) is 11.6 Å². The lowest BCUT2D eigenvalue weighted by molar-refractivity contribution is 0.101. The van der Waals surface area contributed by atoms with E-state index in [1.807, 2.05) is 30.3 Å². The van der Waals surface area contributed by atoms with E-state index in [9.17, 15) is 9.59 Å². The van der Waals surface area contributed by atoms with Gasteiger partial charge in [0, 0.05) is 5.69 Å². The Hall–Kier alpha value is -1.94. The van der Waals surface area contributed by atoms with Crippen LogP contribution in [0.5, 0.6) is 0 Å². The quantitative estimate of drug-likeness (QED) is 0.847. The monoisotopic (exact) mass is 259 g/mol. The van der Waals surface area contributed by atoms with Gasteiger partial charge in [0.25, 0.3) is 0 Å². The summed E-state index contributed by atoms with van der Waals surface area (Å²) < 4.78 is 0. The molecule has 1 heterocycles. The Morgan fingerprint density at radius 1 is 1.06 bits per heavy atom. The third-order valence-corrected chi connectivity index (χ3v) is 3.64. The highest BCUT2D eigenvalue weighted by atomic mass is 32.1. The summed E-state index contributed by atoms with van der Waals surface area (Å²) in [5.41, 5.74) is 1.46. The van der Waals surface area contributed by atoms with Gasteiger partial charge in [-0.3, -0.25) is 9.59 Å². The van der Waals surface area contributed by atoms with Crippen LogP contribution < -0.4 is 5.32 Å². The van der Waals surface area contributed by atoms with Gasteiger partial charge in [-0.15, -0.1) is 11.3 Å². The highest BCUT2D eigenvalue weighted by Crippen LogP contribution is 2.31. The number of rotatable bonds is 4. The molecule has 2 rings (SSSR count). The van der Waals surface area contributed by atoms with E-state index in [2.05, 4.69) is 5.32 Å². The van der Waals surface area contributed by atoms with Gasteiger partial charge in [0.05, 0.1) is 10.4 Å². The van der Waals surface area contributed by atoms with Crippen LogP contribution in [0.25, 0.3) is 0 Å². The van der Waals surface area contributed by atoms with Crippen LogP contribution in [-0.2, 0) is 0 Å². The van der Waals surface area contributed by atoms with Crippen LogP contribution in [0.15, 0.2) is 36.4 Å². The predicted octanol–water partition coefficient (Wildman–Crippen LogP) is 3.90. The number of Topliss-reactive ketones (excluding diaryl/α,β-unsaturated/α-hetero) is 2. The molecule has 0 spiro atoms. The Labute approximate surface area is 109 Å². The highest BCUT2D eigenvalue weighted by Gasteiger charge is 2.15. The van der Waals surface area contributed by atoms with Crippen LogP contribution in [0.4, 0.5) is 10.7 Å². The topological polar surface area (TPSA) is 46.2 Å². The maximum atomic E-state index is 11.5. The molecule has 2 aromatic rings. The van der Waals surface area contributed by atoms with Gasteiger partial charge in [0.2, 0.25) is 0 Å². The molecule has 0 saturated heterocycles. The molecule has 0 unspecified atom stereocenters. The number of para-hydroxylation sites is 1. The maximum Gasteiger partial charge on any atom is 0.169 e. The first-order valence-electron chi connectivity index (χ1n) is 5.55. The fraction of sp³-hybridized carbons (Fsp3) is 0.143. The van der Waals surface area contributed by atoms with Crippen LogP contribution in [0.1, 0.15) is 33.9 Å². The molecule has 0 aliphatic carbocycles. The third-order valence-electron chi connectivity index (χ3n) is 2.49. The molecule has 0 fully saturated rings. The van der Waals surface area contributed by atoms with Crippen molar-refractivity contribution >= 4 is 33.6 Å². The van der Waals surface area contributed by atoms with Crippen molar-refractivity contribution in [1.82, 2.24) is 0 Å². The summed E-state index contributed by atoms with van der Waals surface area (Å²) in [6.45, 7) is 3.00. The summed E-state index contributed by atoms with van der Waals surface area (Å²) >= 11 is 1.31. The summed E-state index contributed by atoms with van der Waals surface area (Å²) in [6.07, 6.45) is 0. The van der Waals surface area contributed by atoms with E-state index < -0.39 is 0 Å². The average Bonchev–Trinajstić information content (AvgIpc) is 2.74. The Bertz CT molecular complexity index is 587. The SMILES string of the molecule is CC(=O)c1cc(C(C)=O)c(Nc2ccccc2)s1. The minimum Gasteiger partial charge on any atom is -0.347 e. The molecule has 3 nitrogen and oxygen atoms in total. The Balaban J connectivity index is 2.37. The van der Waals surface area contributed by atoms with Crippen LogP contribution >= 0.6 is 11.3 Å². The molecule has 0 bridgehead atoms. The van der Waals surface area contributed by atoms with Crippen LogP contribution in [0, 0.1) is 0 Å². The van der Waals surface area contributed by atoms with Gasteiger partial charge in [-0.05, 0) is 32.0 Å². The fourth-order valence-electron chi connectivity index (χ4n) is 1.57. The first-order valence-corrected chi connectivity index (χ1v) is 6.37. The largest absolute Gasteiger partial charge is 0.347 e. The zero-order chi connectivity index (χ0) is 13.1. The van der Waals surface area contributed by atoms with Gasteiger partial charge in [0.15, 0.2) is 11.6 Å². The molecule has 0 aliphatic rings. The standard InChI is InChI=1S/C14H13NO2S/c1-9(16)12-8-13(10(2)17)18-14(12)15-11-6-4-3-5-7-11/h3-8,15H,1-2H3. The molecule has 0 atom stereocenters. The van der Waals surface area contributed by atoms with Crippen molar-refractivity contribution in [2.45, 2.75) is 13.8 Å². The molecule has 0 amide bonds. The lowest BCUT2D eigenvalue weighted by Crippen LogP contribution is -1.95. The smallest absolute Gasteiger partial charge is 0.169 e. The van der Waals surface area contributed by atoms with Gasteiger partial charge >= 0.3 is 0 Å². The molecule has 1 aromatic heterocycles. The van der Waals surface area contributed by atoms with Crippen molar-refractivity contribution in [2.24, 2.45) is 0 Å². The van der Waals surface area contributed by atoms with Crippen molar-refractivity contribution in [3.8, 4) is 0 Å². The van der Waals surface area contributed by atoms with E-state index in [-0.39, 0.29) is 11.6 Å². The van der Waals surface area contributed by atoms with Crippen LogP contribution in [0.2, 0.25) is 0 Å². The molecule has 0 aliphatic heterocycles. The first-order chi connectivity index (χ1) is 8.58. The zero-order valence-electron chi connectivity index (χ0n) is 10.2. The summed E-state index contributed by atoms with van der Waals surface area (Å²) in [5, 5.41) is 3.90. The van der Waals surface area contributed by atoms with Gasteiger partial charge in [-0.25, -0.2) is 0 Å². The van der Waals surface area contributed by atoms with Gasteiger partial charge in [0.1, 0.15) is 5.00 Å². The fourth-order valence-corrected chi connectivity index (χ4v) is 2.59. The van der Waals surface area contributed by atoms with Gasteiger partial charge < -0.3 is 5.32 Å². The van der Waals surface area contributed by atoms with Crippen molar-refractivity contribution in [3.63, 3.8) is 0 Å². The molecular weight excluding hydrogens is 246 g/mol. The summed E-state index contributed by atoms with van der Waals surface area (Å²) in [6, 6.07) is 11.2. The second-order valence-corrected chi connectivity index (χ2v) is 5.01. The van der Waals surface area contributed by atoms with Gasteiger partial charge in [-0.2, -0.15) is 0 Å². The number of carbonyl (C=O) groups excluding carboxylic acids is 2. The number of thiophene rings is 1. The zero-order valence-corrected chi connectivity index (χ0v) is 11.0. The summed E-state index contributed by atoms with van der Waals surface area (Å²) in [5.74, 6) is -0.0687. The number of anilines is 2. The molecule has 4 heteroatoms. The Morgan fingerprint density at radius 2 is 1.72 bits per heavy atom. The average molecular weight is 259 g/mol. The highest BCUT2D eigenvalue weighted by molar-refractivity contribution is 7.18. The van der Waals surface area contributed by atoms with Crippen molar-refractivity contribution in [2.75, 3.05) is 5.32 Å². The number of benzene rings is 1. The number of ketones is 2. The molecular formula is C14H13NO2S. The molecule has 18 heavy (non-hydrogen) atoms. The lowest BCUT2D eigenvalue weighted by atomic mass is 10.2. The first kappa shape index (κ1) is 12.5. The van der Waals surface area contributed by atoms with E-state index in [0.717, 1.165) is 10.7 Å². The molecule has 92 valence electrons. The molecule has 1 N–H and O–H groups in total. The number of carbonyl (C=O) groups is 2. The Kier molecular flexibility index (Phi) is 3.58. The lowest BCUT2D eigenvalue weighted by Gasteiger charge is -2.04. The molecule has 0 saturated carbocycles. The van der Waals surface area contributed by atoms with E-state index in [1.165, 1.54) is 25.2 Å². The van der Waals surface area contributed by atoms with Crippen molar-refractivity contribution < 1.29 is 9.59 Å².